The second kappa shape index (κ2) is 6.24. The number of thiophene rings is 1. The molecule has 0 atom stereocenters. The molecule has 26 heavy (non-hydrogen) atoms. The monoisotopic (exact) mass is 357 g/mol. The van der Waals surface area contributed by atoms with Gasteiger partial charge in [0, 0.05) is 23.6 Å². The third kappa shape index (κ3) is 2.70. The summed E-state index contributed by atoms with van der Waals surface area (Å²) in [5, 5.41) is 9.34. The van der Waals surface area contributed by atoms with Crippen LogP contribution in [0.15, 0.2) is 73.2 Å². The van der Waals surface area contributed by atoms with Crippen molar-refractivity contribution < 1.29 is 0 Å². The molecule has 0 amide bonds. The van der Waals surface area contributed by atoms with Crippen molar-refractivity contribution in [3.8, 4) is 10.6 Å². The Bertz CT molecular complexity index is 1160. The quantitative estimate of drug-likeness (QED) is 0.510. The van der Waals surface area contributed by atoms with Gasteiger partial charge in [0.25, 0.3) is 0 Å². The van der Waals surface area contributed by atoms with Crippen molar-refractivity contribution >= 4 is 32.9 Å². The summed E-state index contributed by atoms with van der Waals surface area (Å²) in [5.74, 6) is 0.815. The lowest BCUT2D eigenvalue weighted by Crippen LogP contribution is -2.04. The van der Waals surface area contributed by atoms with Gasteiger partial charge in [-0.2, -0.15) is 0 Å². The van der Waals surface area contributed by atoms with Crippen LogP contribution in [0.1, 0.15) is 5.56 Å². The maximum atomic E-state index is 4.73. The van der Waals surface area contributed by atoms with Crippen molar-refractivity contribution in [3.05, 3.63) is 78.8 Å². The molecule has 0 spiro atoms. The number of imidazole rings is 1. The largest absolute Gasteiger partial charge is 0.365 e. The molecule has 0 bridgehead atoms. The molecule has 6 heteroatoms. The van der Waals surface area contributed by atoms with Crippen molar-refractivity contribution in [1.29, 1.82) is 0 Å². The van der Waals surface area contributed by atoms with E-state index in [-0.39, 0.29) is 0 Å². The highest BCUT2D eigenvalue weighted by atomic mass is 32.1. The maximum absolute atomic E-state index is 4.73. The standard InChI is InChI=1S/C20H15N5S/c1-2-4-17-15(3-1)11-18(26-17)16-13-23-20-6-5-19(24-25(16)20)22-12-14-7-9-21-10-8-14/h1-11,13H,12H2,(H,22,24). The number of anilines is 1. The second-order valence-corrected chi connectivity index (χ2v) is 7.07. The number of aromatic nitrogens is 4. The van der Waals surface area contributed by atoms with E-state index in [4.69, 9.17) is 5.10 Å². The molecule has 0 fully saturated rings. The van der Waals surface area contributed by atoms with Crippen LogP contribution in [0.3, 0.4) is 0 Å². The molecule has 4 aromatic heterocycles. The van der Waals surface area contributed by atoms with E-state index in [9.17, 15) is 0 Å². The Morgan fingerprint density at radius 2 is 1.88 bits per heavy atom. The van der Waals surface area contributed by atoms with Crippen molar-refractivity contribution in [2.75, 3.05) is 5.32 Å². The van der Waals surface area contributed by atoms with E-state index in [1.807, 2.05) is 35.0 Å². The molecule has 0 saturated heterocycles. The molecular formula is C20H15N5S. The molecule has 0 unspecified atom stereocenters. The summed E-state index contributed by atoms with van der Waals surface area (Å²) < 4.78 is 3.17. The van der Waals surface area contributed by atoms with Gasteiger partial charge in [-0.3, -0.25) is 4.98 Å². The lowest BCUT2D eigenvalue weighted by atomic mass is 10.2. The topological polar surface area (TPSA) is 55.1 Å². The van der Waals surface area contributed by atoms with E-state index in [1.54, 1.807) is 23.7 Å². The van der Waals surface area contributed by atoms with Crippen LogP contribution < -0.4 is 5.32 Å². The van der Waals surface area contributed by atoms with Crippen LogP contribution in [0, 0.1) is 0 Å². The lowest BCUT2D eigenvalue weighted by molar-refractivity contribution is 0.932. The molecule has 5 aromatic rings. The third-order valence-corrected chi connectivity index (χ3v) is 5.40. The van der Waals surface area contributed by atoms with Crippen LogP contribution in [0.4, 0.5) is 5.82 Å². The molecule has 0 aliphatic carbocycles. The molecule has 0 aliphatic heterocycles. The summed E-state index contributed by atoms with van der Waals surface area (Å²) in [6.45, 7) is 0.702. The van der Waals surface area contributed by atoms with Gasteiger partial charge in [-0.15, -0.1) is 16.4 Å². The first kappa shape index (κ1) is 15.0. The van der Waals surface area contributed by atoms with Crippen molar-refractivity contribution in [1.82, 2.24) is 19.6 Å². The number of rotatable bonds is 4. The highest BCUT2D eigenvalue weighted by Gasteiger charge is 2.11. The lowest BCUT2D eigenvalue weighted by Gasteiger charge is -2.06. The minimum Gasteiger partial charge on any atom is -0.365 e. The first-order valence-corrected chi connectivity index (χ1v) is 9.15. The summed E-state index contributed by atoms with van der Waals surface area (Å²) in [6.07, 6.45) is 5.48. The van der Waals surface area contributed by atoms with Crippen molar-refractivity contribution in [2.24, 2.45) is 0 Å². The highest BCUT2D eigenvalue weighted by molar-refractivity contribution is 7.22. The Morgan fingerprint density at radius 3 is 2.77 bits per heavy atom. The van der Waals surface area contributed by atoms with Gasteiger partial charge in [-0.25, -0.2) is 9.50 Å². The number of nitrogens with zero attached hydrogens (tertiary/aromatic N) is 4. The van der Waals surface area contributed by atoms with Crippen molar-refractivity contribution in [3.63, 3.8) is 0 Å². The van der Waals surface area contributed by atoms with Gasteiger partial charge < -0.3 is 5.32 Å². The number of nitrogens with one attached hydrogen (secondary N) is 1. The van der Waals surface area contributed by atoms with Crippen LogP contribution in [0.2, 0.25) is 0 Å². The van der Waals surface area contributed by atoms with Gasteiger partial charge in [0.1, 0.15) is 11.5 Å². The van der Waals surface area contributed by atoms with E-state index in [0.29, 0.717) is 6.54 Å². The number of hydrogen-bond acceptors (Lipinski definition) is 5. The van der Waals surface area contributed by atoms with E-state index < -0.39 is 0 Å². The summed E-state index contributed by atoms with van der Waals surface area (Å²) in [6, 6.07) is 18.5. The zero-order valence-corrected chi connectivity index (χ0v) is 14.6. The number of hydrogen-bond donors (Lipinski definition) is 1. The van der Waals surface area contributed by atoms with Gasteiger partial charge >= 0.3 is 0 Å². The first-order chi connectivity index (χ1) is 12.9. The summed E-state index contributed by atoms with van der Waals surface area (Å²) >= 11 is 1.76. The Hall–Kier alpha value is -3.25. The SMILES string of the molecule is c1ccc2sc(-c3cnc4ccc(NCc5ccncc5)nn34)cc2c1. The minimum atomic E-state index is 0.702. The molecule has 5 nitrogen and oxygen atoms in total. The van der Waals surface area contributed by atoms with Gasteiger partial charge in [0.05, 0.1) is 11.1 Å². The van der Waals surface area contributed by atoms with Crippen LogP contribution in [0.5, 0.6) is 0 Å². The zero-order valence-electron chi connectivity index (χ0n) is 13.8. The van der Waals surface area contributed by atoms with Gasteiger partial charge in [-0.1, -0.05) is 18.2 Å². The molecule has 4 heterocycles. The van der Waals surface area contributed by atoms with Gasteiger partial charge in [-0.05, 0) is 47.3 Å². The average Bonchev–Trinajstić information content (AvgIpc) is 3.30. The van der Waals surface area contributed by atoms with Crippen LogP contribution in [-0.2, 0) is 6.54 Å². The molecular weight excluding hydrogens is 342 g/mol. The average molecular weight is 357 g/mol. The molecule has 1 N–H and O–H groups in total. The Kier molecular flexibility index (Phi) is 3.61. The van der Waals surface area contributed by atoms with Crippen molar-refractivity contribution in [2.45, 2.75) is 6.54 Å². The Morgan fingerprint density at radius 1 is 1.00 bits per heavy atom. The molecule has 0 aliphatic rings. The molecule has 126 valence electrons. The number of benzene rings is 1. The minimum absolute atomic E-state index is 0.702. The first-order valence-electron chi connectivity index (χ1n) is 8.33. The van der Waals surface area contributed by atoms with E-state index in [0.717, 1.165) is 27.6 Å². The van der Waals surface area contributed by atoms with E-state index >= 15 is 0 Å². The molecule has 1 aromatic carbocycles. The smallest absolute Gasteiger partial charge is 0.154 e. The van der Waals surface area contributed by atoms with E-state index in [1.165, 1.54) is 10.1 Å². The Labute approximate surface area is 154 Å². The highest BCUT2D eigenvalue weighted by Crippen LogP contribution is 2.33. The van der Waals surface area contributed by atoms with Crippen LogP contribution in [0.25, 0.3) is 26.3 Å². The fraction of sp³-hybridized carbons (Fsp3) is 0.0500. The summed E-state index contributed by atoms with van der Waals surface area (Å²) in [4.78, 5) is 9.70. The summed E-state index contributed by atoms with van der Waals surface area (Å²) in [5.41, 5.74) is 3.01. The number of pyridine rings is 1. The normalized spacial score (nSPS) is 11.2. The fourth-order valence-electron chi connectivity index (χ4n) is 2.94. The Balaban J connectivity index is 1.50. The molecule has 0 radical (unpaired) electrons. The second-order valence-electron chi connectivity index (χ2n) is 5.99. The van der Waals surface area contributed by atoms with E-state index in [2.05, 4.69) is 45.6 Å². The third-order valence-electron chi connectivity index (χ3n) is 4.26. The van der Waals surface area contributed by atoms with Gasteiger partial charge in [0.2, 0.25) is 0 Å². The van der Waals surface area contributed by atoms with Gasteiger partial charge in [0.15, 0.2) is 5.65 Å². The predicted molar refractivity (Wildman–Crippen MR) is 105 cm³/mol. The molecule has 0 saturated carbocycles. The number of fused-ring (bicyclic) bond motifs is 2. The maximum Gasteiger partial charge on any atom is 0.154 e. The van der Waals surface area contributed by atoms with Crippen LogP contribution >= 0.6 is 11.3 Å². The molecule has 5 rings (SSSR count). The van der Waals surface area contributed by atoms with Crippen LogP contribution in [-0.4, -0.2) is 19.6 Å². The zero-order chi connectivity index (χ0) is 17.3. The predicted octanol–water partition coefficient (Wildman–Crippen LogP) is 4.62. The summed E-state index contributed by atoms with van der Waals surface area (Å²) in [7, 11) is 0. The fourth-order valence-corrected chi connectivity index (χ4v) is 3.99.